The summed E-state index contributed by atoms with van der Waals surface area (Å²) in [6.07, 6.45) is 23.6. The van der Waals surface area contributed by atoms with Crippen LogP contribution in [0.1, 0.15) is 140 Å². The second kappa shape index (κ2) is 21.3. The van der Waals surface area contributed by atoms with E-state index >= 15 is 0 Å². The van der Waals surface area contributed by atoms with E-state index in [1.807, 2.05) is 0 Å². The summed E-state index contributed by atoms with van der Waals surface area (Å²) in [5.74, 6) is -3.45. The largest absolute Gasteiger partial charge is 0.481 e. The van der Waals surface area contributed by atoms with E-state index < -0.39 is 64.3 Å². The van der Waals surface area contributed by atoms with E-state index in [1.165, 1.54) is 51.4 Å². The van der Waals surface area contributed by atoms with Gasteiger partial charge in [-0.3, -0.25) is 39.7 Å². The number of nitro groups is 3. The van der Waals surface area contributed by atoms with Crippen LogP contribution in [0.2, 0.25) is 0 Å². The maximum absolute atomic E-state index is 12.1. The molecule has 0 spiro atoms. The van der Waals surface area contributed by atoms with Crippen LogP contribution >= 0.6 is 0 Å². The minimum atomic E-state index is -5.59. The molecule has 0 fully saturated rings. The van der Waals surface area contributed by atoms with Gasteiger partial charge in [0.2, 0.25) is 0 Å². The fourth-order valence-corrected chi connectivity index (χ4v) is 6.29. The molecule has 0 amide bonds. The van der Waals surface area contributed by atoms with Crippen molar-refractivity contribution >= 4 is 33.1 Å². The molecule has 45 heavy (non-hydrogen) atoms. The minimum absolute atomic E-state index is 0.243. The molecule has 0 bridgehead atoms. The Morgan fingerprint density at radius 1 is 0.733 bits per heavy atom. The molecule has 1 aromatic carbocycles. The molecule has 14 nitrogen and oxygen atoms in total. The number of carboxylic acid groups (broad SMARTS) is 1. The Morgan fingerprint density at radius 3 is 1.53 bits per heavy atom. The first kappa shape index (κ1) is 39.6. The summed E-state index contributed by atoms with van der Waals surface area (Å²) in [6.45, 7) is 2.22. The summed E-state index contributed by atoms with van der Waals surface area (Å²) >= 11 is 0. The van der Waals surface area contributed by atoms with Crippen molar-refractivity contribution in [2.75, 3.05) is 0 Å². The third kappa shape index (κ3) is 14.5. The van der Waals surface area contributed by atoms with Crippen molar-refractivity contribution in [1.82, 2.24) is 0 Å². The Balaban J connectivity index is 2.54. The lowest BCUT2D eigenvalue weighted by atomic mass is 9.91. The molecule has 0 aliphatic rings. The summed E-state index contributed by atoms with van der Waals surface area (Å²) in [6, 6.07) is 0.319. The molecular weight excluding hydrogens is 610 g/mol. The van der Waals surface area contributed by atoms with Gasteiger partial charge >= 0.3 is 33.1 Å². The van der Waals surface area contributed by atoms with Crippen molar-refractivity contribution in [3.8, 4) is 0 Å². The van der Waals surface area contributed by atoms with Gasteiger partial charge in [-0.25, -0.2) is 0 Å². The first-order valence-corrected chi connectivity index (χ1v) is 17.3. The molecule has 0 radical (unpaired) electrons. The molecule has 254 valence electrons. The zero-order valence-corrected chi connectivity index (χ0v) is 26.9. The molecule has 0 aliphatic carbocycles. The molecule has 0 saturated heterocycles. The minimum Gasteiger partial charge on any atom is -0.481 e. The van der Waals surface area contributed by atoms with Gasteiger partial charge in [-0.1, -0.05) is 109 Å². The van der Waals surface area contributed by atoms with Gasteiger partial charge in [-0.2, -0.15) is 8.42 Å². The number of hydrogen-bond donors (Lipinski definition) is 2. The molecule has 1 aromatic rings. The zero-order chi connectivity index (χ0) is 33.8. The highest BCUT2D eigenvalue weighted by atomic mass is 32.2. The van der Waals surface area contributed by atoms with Crippen LogP contribution in [0.15, 0.2) is 23.1 Å². The third-order valence-corrected chi connectivity index (χ3v) is 8.68. The van der Waals surface area contributed by atoms with Crippen molar-refractivity contribution in [2.24, 2.45) is 0 Å². The summed E-state index contributed by atoms with van der Waals surface area (Å²) in [5, 5.41) is 44.3. The standard InChI is InChI=1S/C30H47N3O11S/c1-2-3-4-5-6-7-8-9-10-11-12-13-14-15-16-17-18-19-20-21-22-24(30(34)35)25-23-26(31(36)37)27(32(38)39)28(33(40)41)29(25)45(42,43)44/h9-10,23-24H,2-8,11-22H2,1H3,(H,34,35)(H,42,43,44). The van der Waals surface area contributed by atoms with Crippen molar-refractivity contribution in [3.05, 3.63) is 54.1 Å². The summed E-state index contributed by atoms with van der Waals surface area (Å²) in [7, 11) is -5.59. The smallest absolute Gasteiger partial charge is 0.423 e. The van der Waals surface area contributed by atoms with Crippen LogP contribution < -0.4 is 0 Å². The van der Waals surface area contributed by atoms with E-state index in [0.717, 1.165) is 51.4 Å². The second-order valence-corrected chi connectivity index (χ2v) is 12.6. The van der Waals surface area contributed by atoms with E-state index in [-0.39, 0.29) is 12.8 Å². The van der Waals surface area contributed by atoms with Gasteiger partial charge in [0.05, 0.1) is 20.7 Å². The van der Waals surface area contributed by atoms with E-state index in [9.17, 15) is 53.2 Å². The van der Waals surface area contributed by atoms with Crippen LogP contribution in [-0.2, 0) is 14.9 Å². The number of aliphatic carboxylic acids is 1. The zero-order valence-electron chi connectivity index (χ0n) is 26.1. The maximum Gasteiger partial charge on any atom is 0.423 e. The molecular formula is C30H47N3O11S. The summed E-state index contributed by atoms with van der Waals surface area (Å²) in [5.41, 5.74) is -6.00. The van der Waals surface area contributed by atoms with Crippen LogP contribution in [0.5, 0.6) is 0 Å². The SMILES string of the molecule is CCCCCCCCC=CCCCCCCCCCCCCC(C(=O)O)c1cc([N+](=O)[O-])c([N+](=O)[O-])c([N+](=O)[O-])c1S(=O)(=O)O. The number of allylic oxidation sites excluding steroid dienone is 2. The normalized spacial score (nSPS) is 12.4. The fourth-order valence-electron chi connectivity index (χ4n) is 5.38. The Bertz CT molecular complexity index is 1270. The van der Waals surface area contributed by atoms with Gasteiger partial charge in [0.1, 0.15) is 0 Å². The first-order valence-electron chi connectivity index (χ1n) is 15.8. The fraction of sp³-hybridized carbons (Fsp3) is 0.700. The van der Waals surface area contributed by atoms with E-state index in [2.05, 4.69) is 19.1 Å². The number of unbranched alkanes of at least 4 members (excludes halogenated alkanes) is 16. The third-order valence-electron chi connectivity index (χ3n) is 7.73. The number of hydrogen-bond acceptors (Lipinski definition) is 9. The lowest BCUT2D eigenvalue weighted by Crippen LogP contribution is -2.18. The predicted molar refractivity (Wildman–Crippen MR) is 169 cm³/mol. The number of carboxylic acids is 1. The Labute approximate surface area is 264 Å². The first-order chi connectivity index (χ1) is 21.3. The summed E-state index contributed by atoms with van der Waals surface area (Å²) in [4.78, 5) is 40.5. The van der Waals surface area contributed by atoms with Crippen molar-refractivity contribution in [3.63, 3.8) is 0 Å². The van der Waals surface area contributed by atoms with E-state index in [4.69, 9.17) is 0 Å². The number of carbonyl (C=O) groups is 1. The van der Waals surface area contributed by atoms with Crippen LogP contribution in [0, 0.1) is 30.3 Å². The number of nitrogens with zero attached hydrogens (tertiary/aromatic N) is 3. The van der Waals surface area contributed by atoms with Gasteiger partial charge in [0.25, 0.3) is 0 Å². The van der Waals surface area contributed by atoms with Crippen LogP contribution in [-0.4, -0.2) is 38.8 Å². The Morgan fingerprint density at radius 2 is 1.16 bits per heavy atom. The van der Waals surface area contributed by atoms with Gasteiger partial charge in [-0.15, -0.1) is 0 Å². The summed E-state index contributed by atoms with van der Waals surface area (Å²) < 4.78 is 33.9. The highest BCUT2D eigenvalue weighted by Crippen LogP contribution is 2.46. The average molecular weight is 658 g/mol. The number of nitro benzene ring substituents is 3. The van der Waals surface area contributed by atoms with Crippen LogP contribution in [0.3, 0.4) is 0 Å². The van der Waals surface area contributed by atoms with Gasteiger partial charge in [0.15, 0.2) is 4.90 Å². The average Bonchev–Trinajstić information content (AvgIpc) is 2.96. The molecule has 0 heterocycles. The molecule has 0 aromatic heterocycles. The number of benzene rings is 1. The monoisotopic (exact) mass is 657 g/mol. The maximum atomic E-state index is 12.1. The predicted octanol–water partition coefficient (Wildman–Crippen LogP) is 8.81. The Kier molecular flexibility index (Phi) is 18.7. The number of rotatable bonds is 26. The van der Waals surface area contributed by atoms with Gasteiger partial charge in [-0.05, 0) is 32.1 Å². The molecule has 1 atom stereocenters. The molecule has 15 heteroatoms. The van der Waals surface area contributed by atoms with Crippen LogP contribution in [0.25, 0.3) is 0 Å². The van der Waals surface area contributed by atoms with Crippen molar-refractivity contribution in [2.45, 2.75) is 140 Å². The molecule has 0 aliphatic heterocycles. The van der Waals surface area contributed by atoms with Gasteiger partial charge in [0, 0.05) is 11.6 Å². The van der Waals surface area contributed by atoms with Crippen LogP contribution in [0.4, 0.5) is 17.1 Å². The molecule has 1 rings (SSSR count). The highest BCUT2D eigenvalue weighted by molar-refractivity contribution is 7.86. The lowest BCUT2D eigenvalue weighted by molar-refractivity contribution is -0.442. The Hall–Kier alpha value is -3.46. The molecule has 2 N–H and O–H groups in total. The topological polar surface area (TPSA) is 221 Å². The van der Waals surface area contributed by atoms with Crippen molar-refractivity contribution < 1.29 is 37.6 Å². The molecule has 1 unspecified atom stereocenters. The molecule has 0 saturated carbocycles. The van der Waals surface area contributed by atoms with Gasteiger partial charge < -0.3 is 5.11 Å². The van der Waals surface area contributed by atoms with E-state index in [1.54, 1.807) is 0 Å². The van der Waals surface area contributed by atoms with Crippen molar-refractivity contribution in [1.29, 1.82) is 0 Å². The lowest BCUT2D eigenvalue weighted by Gasteiger charge is -2.16. The highest BCUT2D eigenvalue weighted by Gasteiger charge is 2.46. The van der Waals surface area contributed by atoms with E-state index in [0.29, 0.717) is 12.5 Å². The second-order valence-electron chi connectivity index (χ2n) is 11.3. The quantitative estimate of drug-likeness (QED) is 0.0315.